The zero-order chi connectivity index (χ0) is 19.5. The molecule has 2 atom stereocenters. The molecule has 6 nitrogen and oxygen atoms in total. The number of morpholine rings is 1. The van der Waals surface area contributed by atoms with Gasteiger partial charge in [0.05, 0.1) is 32.4 Å². The Hall–Kier alpha value is -2.86. The minimum absolute atomic E-state index is 0.0376. The van der Waals surface area contributed by atoms with E-state index in [1.807, 2.05) is 48.4 Å². The molecule has 0 spiro atoms. The number of nitrogens with zero attached hydrogens (tertiary/aromatic N) is 2. The Kier molecular flexibility index (Phi) is 5.30. The van der Waals surface area contributed by atoms with E-state index in [4.69, 9.17) is 14.2 Å². The van der Waals surface area contributed by atoms with Gasteiger partial charge in [-0.2, -0.15) is 0 Å². The highest BCUT2D eigenvalue weighted by Crippen LogP contribution is 2.34. The van der Waals surface area contributed by atoms with Gasteiger partial charge in [0.2, 0.25) is 5.88 Å². The van der Waals surface area contributed by atoms with Gasteiger partial charge in [-0.15, -0.1) is 0 Å². The number of rotatable bonds is 4. The first-order valence-corrected chi connectivity index (χ1v) is 9.44. The maximum absolute atomic E-state index is 12.8. The van der Waals surface area contributed by atoms with Crippen LogP contribution in [0.3, 0.4) is 0 Å². The van der Waals surface area contributed by atoms with Crippen molar-refractivity contribution in [2.45, 2.75) is 32.0 Å². The molecule has 1 aromatic heterocycles. The summed E-state index contributed by atoms with van der Waals surface area (Å²) < 4.78 is 16.5. The van der Waals surface area contributed by atoms with E-state index in [2.05, 4.69) is 17.1 Å². The molecule has 3 heterocycles. The summed E-state index contributed by atoms with van der Waals surface area (Å²) in [5.41, 5.74) is 4.22. The molecule has 1 amide bonds. The number of pyridine rings is 1. The van der Waals surface area contributed by atoms with Crippen molar-refractivity contribution in [1.29, 1.82) is 0 Å². The number of benzene rings is 1. The van der Waals surface area contributed by atoms with Gasteiger partial charge in [0, 0.05) is 11.8 Å². The third-order valence-electron chi connectivity index (χ3n) is 5.21. The fraction of sp³-hybridized carbons (Fsp3) is 0.364. The molecule has 146 valence electrons. The van der Waals surface area contributed by atoms with Gasteiger partial charge >= 0.3 is 6.09 Å². The highest BCUT2D eigenvalue weighted by molar-refractivity contribution is 5.74. The van der Waals surface area contributed by atoms with Crippen molar-refractivity contribution >= 4 is 11.7 Å². The van der Waals surface area contributed by atoms with Gasteiger partial charge in [-0.1, -0.05) is 36.4 Å². The molecule has 1 saturated heterocycles. The van der Waals surface area contributed by atoms with Crippen molar-refractivity contribution in [3.05, 3.63) is 65.4 Å². The fourth-order valence-corrected chi connectivity index (χ4v) is 3.84. The summed E-state index contributed by atoms with van der Waals surface area (Å²) in [4.78, 5) is 19.0. The van der Waals surface area contributed by atoms with Crippen LogP contribution in [0.2, 0.25) is 0 Å². The molecule has 2 bridgehead atoms. The summed E-state index contributed by atoms with van der Waals surface area (Å²) in [6.45, 7) is 3.24. The second-order valence-corrected chi connectivity index (χ2v) is 7.15. The number of hydrogen-bond donors (Lipinski definition) is 0. The average molecular weight is 380 g/mol. The molecule has 4 rings (SSSR count). The number of aryl methyl sites for hydroxylation is 1. The Morgan fingerprint density at radius 2 is 2.11 bits per heavy atom. The Balaban J connectivity index is 1.51. The lowest BCUT2D eigenvalue weighted by Crippen LogP contribution is -2.56. The molecule has 2 unspecified atom stereocenters. The summed E-state index contributed by atoms with van der Waals surface area (Å²) in [7, 11) is 1.62. The van der Waals surface area contributed by atoms with Gasteiger partial charge in [0.15, 0.2) is 0 Å². The van der Waals surface area contributed by atoms with Crippen molar-refractivity contribution in [3.63, 3.8) is 0 Å². The normalized spacial score (nSPS) is 21.1. The number of carbonyl (C=O) groups excluding carboxylic acids is 1. The lowest BCUT2D eigenvalue weighted by Gasteiger charge is -2.43. The minimum atomic E-state index is -0.290. The summed E-state index contributed by atoms with van der Waals surface area (Å²) in [5.74, 6) is 0.634. The number of amides is 1. The zero-order valence-electron chi connectivity index (χ0n) is 16.1. The number of methoxy groups -OCH3 is 1. The zero-order valence-corrected chi connectivity index (χ0v) is 16.1. The molecule has 1 fully saturated rings. The molecule has 2 aromatic rings. The second kappa shape index (κ2) is 8.02. The van der Waals surface area contributed by atoms with Crippen molar-refractivity contribution in [1.82, 2.24) is 9.88 Å². The van der Waals surface area contributed by atoms with Crippen LogP contribution in [-0.4, -0.2) is 48.4 Å². The highest BCUT2D eigenvalue weighted by atomic mass is 16.6. The Morgan fingerprint density at radius 3 is 2.82 bits per heavy atom. The van der Waals surface area contributed by atoms with Crippen LogP contribution in [0.15, 0.2) is 48.7 Å². The summed E-state index contributed by atoms with van der Waals surface area (Å²) in [6, 6.07) is 11.6. The van der Waals surface area contributed by atoms with E-state index in [9.17, 15) is 4.79 Å². The lowest BCUT2D eigenvalue weighted by molar-refractivity contribution is -0.0342. The summed E-state index contributed by atoms with van der Waals surface area (Å²) in [6.07, 6.45) is 4.35. The Bertz CT molecular complexity index is 881. The largest absolute Gasteiger partial charge is 0.481 e. The van der Waals surface area contributed by atoms with Gasteiger partial charge in [-0.25, -0.2) is 9.78 Å². The van der Waals surface area contributed by atoms with Crippen LogP contribution in [0.25, 0.3) is 5.57 Å². The van der Waals surface area contributed by atoms with Crippen LogP contribution in [-0.2, 0) is 16.1 Å². The first kappa shape index (κ1) is 18.5. The topological polar surface area (TPSA) is 60.9 Å². The molecule has 28 heavy (non-hydrogen) atoms. The standard InChI is InChI=1S/C22H24N2O4/c1-15-8-18(11-23-21(15)26-2)17-9-19-13-27-14-20(10-17)24(19)22(25)28-12-16-6-4-3-5-7-16/h3-9,11,19-20H,10,12-14H2,1-2H3. The molecule has 0 N–H and O–H groups in total. The molecular weight excluding hydrogens is 356 g/mol. The van der Waals surface area contributed by atoms with Crippen molar-refractivity contribution < 1.29 is 19.0 Å². The van der Waals surface area contributed by atoms with E-state index in [-0.39, 0.29) is 24.8 Å². The Labute approximate surface area is 164 Å². The number of ether oxygens (including phenoxy) is 3. The summed E-state index contributed by atoms with van der Waals surface area (Å²) in [5, 5.41) is 0. The predicted molar refractivity (Wildman–Crippen MR) is 105 cm³/mol. The van der Waals surface area contributed by atoms with Crippen LogP contribution in [0, 0.1) is 6.92 Å². The van der Waals surface area contributed by atoms with Crippen LogP contribution < -0.4 is 4.74 Å². The number of hydrogen-bond acceptors (Lipinski definition) is 5. The van der Waals surface area contributed by atoms with E-state index in [0.29, 0.717) is 25.5 Å². The third kappa shape index (κ3) is 3.73. The molecule has 0 saturated carbocycles. The molecule has 1 aromatic carbocycles. The van der Waals surface area contributed by atoms with E-state index in [0.717, 1.165) is 16.7 Å². The molecule has 0 aliphatic carbocycles. The first-order valence-electron chi connectivity index (χ1n) is 9.44. The lowest BCUT2D eigenvalue weighted by atomic mass is 9.90. The molecular formula is C22H24N2O4. The van der Waals surface area contributed by atoms with E-state index < -0.39 is 0 Å². The number of carbonyl (C=O) groups is 1. The molecule has 2 aliphatic heterocycles. The monoisotopic (exact) mass is 380 g/mol. The maximum Gasteiger partial charge on any atom is 0.411 e. The Morgan fingerprint density at radius 1 is 1.29 bits per heavy atom. The molecule has 0 radical (unpaired) electrons. The van der Waals surface area contributed by atoms with E-state index >= 15 is 0 Å². The first-order chi connectivity index (χ1) is 13.7. The van der Waals surface area contributed by atoms with E-state index in [1.54, 1.807) is 7.11 Å². The van der Waals surface area contributed by atoms with Gasteiger partial charge in [0.25, 0.3) is 0 Å². The number of aromatic nitrogens is 1. The van der Waals surface area contributed by atoms with Gasteiger partial charge < -0.3 is 14.2 Å². The van der Waals surface area contributed by atoms with Crippen molar-refractivity contribution in [3.8, 4) is 5.88 Å². The minimum Gasteiger partial charge on any atom is -0.481 e. The number of fused-ring (bicyclic) bond motifs is 2. The van der Waals surface area contributed by atoms with Crippen molar-refractivity contribution in [2.24, 2.45) is 0 Å². The fourth-order valence-electron chi connectivity index (χ4n) is 3.84. The van der Waals surface area contributed by atoms with Gasteiger partial charge in [0.1, 0.15) is 6.61 Å². The van der Waals surface area contributed by atoms with Gasteiger partial charge in [-0.3, -0.25) is 4.90 Å². The van der Waals surface area contributed by atoms with Crippen LogP contribution in [0.1, 0.15) is 23.1 Å². The third-order valence-corrected chi connectivity index (χ3v) is 5.21. The molecule has 2 aliphatic rings. The second-order valence-electron chi connectivity index (χ2n) is 7.15. The predicted octanol–water partition coefficient (Wildman–Crippen LogP) is 3.59. The van der Waals surface area contributed by atoms with Crippen LogP contribution >= 0.6 is 0 Å². The van der Waals surface area contributed by atoms with Gasteiger partial charge in [-0.05, 0) is 36.1 Å². The highest BCUT2D eigenvalue weighted by Gasteiger charge is 2.39. The van der Waals surface area contributed by atoms with Crippen LogP contribution in [0.4, 0.5) is 4.79 Å². The maximum atomic E-state index is 12.8. The summed E-state index contributed by atoms with van der Waals surface area (Å²) >= 11 is 0. The SMILES string of the molecule is COc1ncc(C2=CC3COCC(C2)N3C(=O)OCc2ccccc2)cc1C. The smallest absolute Gasteiger partial charge is 0.411 e. The van der Waals surface area contributed by atoms with Crippen molar-refractivity contribution in [2.75, 3.05) is 20.3 Å². The quantitative estimate of drug-likeness (QED) is 0.811. The molecule has 6 heteroatoms. The average Bonchev–Trinajstić information content (AvgIpc) is 2.71. The van der Waals surface area contributed by atoms with E-state index in [1.165, 1.54) is 5.57 Å². The van der Waals surface area contributed by atoms with Crippen LogP contribution in [0.5, 0.6) is 5.88 Å².